The van der Waals surface area contributed by atoms with E-state index < -0.39 is 0 Å². The van der Waals surface area contributed by atoms with Crippen LogP contribution in [0, 0.1) is 5.41 Å². The van der Waals surface area contributed by atoms with Gasteiger partial charge in [0.05, 0.1) is 78.3 Å². The molecule has 0 unspecified atom stereocenters. The fourth-order valence-electron chi connectivity index (χ4n) is 1.66. The maximum atomic E-state index is 5.55. The summed E-state index contributed by atoms with van der Waals surface area (Å²) in [6.07, 6.45) is 0. The lowest BCUT2D eigenvalue weighted by atomic mass is 9.99. The van der Waals surface area contributed by atoms with E-state index in [4.69, 9.17) is 28.4 Å². The first-order chi connectivity index (χ1) is 11.7. The van der Waals surface area contributed by atoms with E-state index in [0.29, 0.717) is 66.1 Å². The molecule has 6 nitrogen and oxygen atoms in total. The van der Waals surface area contributed by atoms with Crippen LogP contribution in [0.3, 0.4) is 0 Å². The van der Waals surface area contributed by atoms with Crippen molar-refractivity contribution in [2.75, 3.05) is 72.7 Å². The predicted molar refractivity (Wildman–Crippen MR) is 99.3 cm³/mol. The SMILES string of the molecule is CC(C)(C)COCCOCCOCCOCCOCCOC(C)(C)C. The van der Waals surface area contributed by atoms with E-state index in [1.54, 1.807) is 0 Å². The van der Waals surface area contributed by atoms with Gasteiger partial charge in [-0.3, -0.25) is 0 Å². The number of hydrogen-bond donors (Lipinski definition) is 0. The molecule has 152 valence electrons. The van der Waals surface area contributed by atoms with Gasteiger partial charge in [0.15, 0.2) is 0 Å². The third-order valence-electron chi connectivity index (χ3n) is 2.79. The van der Waals surface area contributed by atoms with Crippen LogP contribution in [0.15, 0.2) is 0 Å². The molecule has 0 radical (unpaired) electrons. The molecule has 0 aliphatic carbocycles. The average Bonchev–Trinajstić information content (AvgIpc) is 2.48. The van der Waals surface area contributed by atoms with Gasteiger partial charge in [-0.05, 0) is 26.2 Å². The van der Waals surface area contributed by atoms with Crippen LogP contribution in [0.4, 0.5) is 0 Å². The van der Waals surface area contributed by atoms with Crippen molar-refractivity contribution in [3.8, 4) is 0 Å². The van der Waals surface area contributed by atoms with Crippen molar-refractivity contribution in [3.63, 3.8) is 0 Å². The number of ether oxygens (including phenoxy) is 6. The minimum absolute atomic E-state index is 0.111. The van der Waals surface area contributed by atoms with E-state index in [1.807, 2.05) is 20.8 Å². The van der Waals surface area contributed by atoms with Crippen molar-refractivity contribution in [1.29, 1.82) is 0 Å². The van der Waals surface area contributed by atoms with E-state index in [0.717, 1.165) is 6.61 Å². The second-order valence-electron chi connectivity index (χ2n) is 8.02. The fourth-order valence-corrected chi connectivity index (χ4v) is 1.66. The summed E-state index contributed by atoms with van der Waals surface area (Å²) in [5.41, 5.74) is 0.0920. The molecular weight excluding hydrogens is 324 g/mol. The van der Waals surface area contributed by atoms with Crippen molar-refractivity contribution in [2.24, 2.45) is 5.41 Å². The minimum atomic E-state index is -0.111. The zero-order chi connectivity index (χ0) is 19.0. The van der Waals surface area contributed by atoms with Gasteiger partial charge in [0.2, 0.25) is 0 Å². The summed E-state index contributed by atoms with van der Waals surface area (Å²) in [5, 5.41) is 0. The van der Waals surface area contributed by atoms with E-state index >= 15 is 0 Å². The molecular formula is C19H40O6. The summed E-state index contributed by atoms with van der Waals surface area (Å²) in [4.78, 5) is 0. The lowest BCUT2D eigenvalue weighted by molar-refractivity contribution is -0.0466. The molecule has 0 N–H and O–H groups in total. The largest absolute Gasteiger partial charge is 0.379 e. The highest BCUT2D eigenvalue weighted by Crippen LogP contribution is 2.12. The normalized spacial score (nSPS) is 12.7. The Kier molecular flexibility index (Phi) is 14.7. The molecule has 0 rings (SSSR count). The maximum absolute atomic E-state index is 5.55. The molecule has 0 aromatic heterocycles. The van der Waals surface area contributed by atoms with Gasteiger partial charge >= 0.3 is 0 Å². The Morgan fingerprint density at radius 1 is 0.440 bits per heavy atom. The van der Waals surface area contributed by atoms with E-state index in [-0.39, 0.29) is 11.0 Å². The number of hydrogen-bond acceptors (Lipinski definition) is 6. The molecule has 25 heavy (non-hydrogen) atoms. The van der Waals surface area contributed by atoms with Crippen molar-refractivity contribution < 1.29 is 28.4 Å². The molecule has 0 atom stereocenters. The Balaban J connectivity index is 3.08. The molecule has 0 saturated heterocycles. The van der Waals surface area contributed by atoms with Gasteiger partial charge in [0.1, 0.15) is 0 Å². The molecule has 0 aromatic carbocycles. The zero-order valence-electron chi connectivity index (χ0n) is 17.2. The van der Waals surface area contributed by atoms with E-state index in [1.165, 1.54) is 0 Å². The van der Waals surface area contributed by atoms with Crippen LogP contribution in [0.1, 0.15) is 41.5 Å². The Morgan fingerprint density at radius 2 is 0.760 bits per heavy atom. The fraction of sp³-hybridized carbons (Fsp3) is 1.00. The van der Waals surface area contributed by atoms with Crippen LogP contribution >= 0.6 is 0 Å². The molecule has 0 aliphatic rings. The smallest absolute Gasteiger partial charge is 0.0707 e. The molecule has 0 aliphatic heterocycles. The lowest BCUT2D eigenvalue weighted by Crippen LogP contribution is -2.22. The van der Waals surface area contributed by atoms with E-state index in [2.05, 4.69) is 20.8 Å². The van der Waals surface area contributed by atoms with Crippen LogP contribution in [-0.2, 0) is 28.4 Å². The van der Waals surface area contributed by atoms with E-state index in [9.17, 15) is 0 Å². The summed E-state index contributed by atoms with van der Waals surface area (Å²) >= 11 is 0. The van der Waals surface area contributed by atoms with Crippen molar-refractivity contribution >= 4 is 0 Å². The highest BCUT2D eigenvalue weighted by atomic mass is 16.6. The number of rotatable bonds is 16. The molecule has 0 amide bonds. The zero-order valence-corrected chi connectivity index (χ0v) is 17.2. The van der Waals surface area contributed by atoms with Crippen molar-refractivity contribution in [1.82, 2.24) is 0 Å². The quantitative estimate of drug-likeness (QED) is 0.393. The maximum Gasteiger partial charge on any atom is 0.0707 e. The van der Waals surface area contributed by atoms with Crippen LogP contribution < -0.4 is 0 Å². The van der Waals surface area contributed by atoms with Gasteiger partial charge in [-0.15, -0.1) is 0 Å². The van der Waals surface area contributed by atoms with Gasteiger partial charge in [-0.25, -0.2) is 0 Å². The third kappa shape index (κ3) is 23.8. The minimum Gasteiger partial charge on any atom is -0.379 e. The van der Waals surface area contributed by atoms with Gasteiger partial charge in [0, 0.05) is 0 Å². The summed E-state index contributed by atoms with van der Waals surface area (Å²) < 4.78 is 32.8. The van der Waals surface area contributed by atoms with Crippen LogP contribution in [-0.4, -0.2) is 78.3 Å². The topological polar surface area (TPSA) is 55.4 Å². The molecule has 6 heteroatoms. The van der Waals surface area contributed by atoms with Crippen molar-refractivity contribution in [3.05, 3.63) is 0 Å². The molecule has 0 bridgehead atoms. The van der Waals surface area contributed by atoms with Gasteiger partial charge < -0.3 is 28.4 Å². The Labute approximate surface area is 154 Å². The molecule has 0 fully saturated rings. The second kappa shape index (κ2) is 14.9. The standard InChI is InChI=1S/C19H40O6/c1-18(2,3)17-24-14-13-22-10-9-20-7-8-21-11-12-23-15-16-25-19(4,5)6/h7-17H2,1-6H3. The summed E-state index contributed by atoms with van der Waals surface area (Å²) in [6, 6.07) is 0. The van der Waals surface area contributed by atoms with Crippen LogP contribution in [0.5, 0.6) is 0 Å². The highest BCUT2D eigenvalue weighted by molar-refractivity contribution is 4.58. The first-order valence-electron chi connectivity index (χ1n) is 9.23. The Bertz CT molecular complexity index is 255. The second-order valence-corrected chi connectivity index (χ2v) is 8.02. The van der Waals surface area contributed by atoms with Crippen LogP contribution in [0.25, 0.3) is 0 Å². The Morgan fingerprint density at radius 3 is 1.08 bits per heavy atom. The average molecular weight is 365 g/mol. The molecule has 0 saturated carbocycles. The Hall–Kier alpha value is -0.240. The van der Waals surface area contributed by atoms with Crippen LogP contribution in [0.2, 0.25) is 0 Å². The predicted octanol–water partition coefficient (Wildman–Crippen LogP) is 2.93. The van der Waals surface area contributed by atoms with Gasteiger partial charge in [0.25, 0.3) is 0 Å². The first-order valence-corrected chi connectivity index (χ1v) is 9.23. The third-order valence-corrected chi connectivity index (χ3v) is 2.79. The van der Waals surface area contributed by atoms with Gasteiger partial charge in [-0.1, -0.05) is 20.8 Å². The molecule has 0 aromatic rings. The molecule has 0 spiro atoms. The summed E-state index contributed by atoms with van der Waals surface area (Å²) in [5.74, 6) is 0. The lowest BCUT2D eigenvalue weighted by Gasteiger charge is -2.19. The summed E-state index contributed by atoms with van der Waals surface area (Å²) in [7, 11) is 0. The van der Waals surface area contributed by atoms with Gasteiger partial charge in [-0.2, -0.15) is 0 Å². The molecule has 0 heterocycles. The monoisotopic (exact) mass is 364 g/mol. The first kappa shape index (κ1) is 24.8. The highest BCUT2D eigenvalue weighted by Gasteiger charge is 2.09. The summed E-state index contributed by atoms with van der Waals surface area (Å²) in [6.45, 7) is 19.1. The van der Waals surface area contributed by atoms with Crippen molar-refractivity contribution in [2.45, 2.75) is 47.1 Å².